The standard InChI is InChI=1S/C81H157NO13/c1-3-5-7-9-11-13-15-17-19-21-23-25-27-29-30-31-32-33-34-35-36-37-38-39-40-41-43-45-47-49-51-53-55-57-59-61-63-65-73(86)82-69(68-92-80-78(91)76(89)79(72(67-84)94-80)95-81-77(90)75(88)74(87)71(66-83)93-81)70(85)64-62-60-58-56-54-52-50-48-46-44-42-28-26-24-22-20-18-16-14-12-10-8-6-4-2/h62,64,69-72,74-81,83-85,87-91H,3-61,63,65-68H2,1-2H3,(H,82,86)/b64-62+. The molecule has 0 aromatic heterocycles. The Labute approximate surface area is 584 Å². The summed E-state index contributed by atoms with van der Waals surface area (Å²) >= 11 is 0. The maximum absolute atomic E-state index is 13.4. The average Bonchev–Trinajstić information content (AvgIpc) is 0.895. The van der Waals surface area contributed by atoms with Gasteiger partial charge in [-0.05, 0) is 19.3 Å². The lowest BCUT2D eigenvalue weighted by molar-refractivity contribution is -0.359. The molecule has 2 aliphatic rings. The highest BCUT2D eigenvalue weighted by Gasteiger charge is 2.51. The zero-order valence-electron chi connectivity index (χ0n) is 62.0. The second kappa shape index (κ2) is 66.0. The number of carbonyl (C=O) groups is 1. The largest absolute Gasteiger partial charge is 0.394 e. The van der Waals surface area contributed by atoms with E-state index in [1.807, 2.05) is 6.08 Å². The molecule has 12 unspecified atom stereocenters. The fourth-order valence-electron chi connectivity index (χ4n) is 14.2. The van der Waals surface area contributed by atoms with Crippen molar-refractivity contribution in [2.75, 3.05) is 19.8 Å². The van der Waals surface area contributed by atoms with Gasteiger partial charge in [0, 0.05) is 6.42 Å². The van der Waals surface area contributed by atoms with Crippen LogP contribution in [-0.2, 0) is 23.7 Å². The van der Waals surface area contributed by atoms with E-state index in [9.17, 15) is 45.6 Å². The van der Waals surface area contributed by atoms with Gasteiger partial charge in [-0.15, -0.1) is 0 Å². The van der Waals surface area contributed by atoms with Crippen molar-refractivity contribution in [3.8, 4) is 0 Å². The van der Waals surface area contributed by atoms with Crippen molar-refractivity contribution in [2.24, 2.45) is 0 Å². The van der Waals surface area contributed by atoms with Crippen LogP contribution >= 0.6 is 0 Å². The van der Waals surface area contributed by atoms with Crippen LogP contribution in [0.3, 0.4) is 0 Å². The molecule has 0 radical (unpaired) electrons. The summed E-state index contributed by atoms with van der Waals surface area (Å²) in [5.74, 6) is -0.228. The minimum Gasteiger partial charge on any atom is -0.394 e. The van der Waals surface area contributed by atoms with Gasteiger partial charge in [0.2, 0.25) is 5.91 Å². The predicted octanol–water partition coefficient (Wildman–Crippen LogP) is 18.9. The molecule has 14 heteroatoms. The number of hydrogen-bond donors (Lipinski definition) is 9. The second-order valence-electron chi connectivity index (χ2n) is 29.6. The van der Waals surface area contributed by atoms with E-state index in [-0.39, 0.29) is 18.9 Å². The van der Waals surface area contributed by atoms with E-state index in [0.29, 0.717) is 0 Å². The van der Waals surface area contributed by atoms with Crippen LogP contribution in [0.25, 0.3) is 0 Å². The van der Waals surface area contributed by atoms with Crippen LogP contribution in [0.15, 0.2) is 12.2 Å². The molecule has 0 spiro atoms. The molecule has 2 saturated heterocycles. The Morgan fingerprint density at radius 2 is 0.653 bits per heavy atom. The van der Waals surface area contributed by atoms with Crippen LogP contribution in [0, 0.1) is 0 Å². The molecular weight excluding hydrogens is 1190 g/mol. The van der Waals surface area contributed by atoms with Crippen molar-refractivity contribution >= 4 is 5.91 Å². The molecule has 2 fully saturated rings. The monoisotopic (exact) mass is 1350 g/mol. The lowest BCUT2D eigenvalue weighted by Gasteiger charge is -2.46. The highest BCUT2D eigenvalue weighted by molar-refractivity contribution is 5.76. The molecule has 0 aromatic rings. The molecule has 0 saturated carbocycles. The Morgan fingerprint density at radius 1 is 0.368 bits per heavy atom. The van der Waals surface area contributed by atoms with Crippen molar-refractivity contribution in [1.82, 2.24) is 5.32 Å². The summed E-state index contributed by atoms with van der Waals surface area (Å²) in [6.45, 7) is 2.88. The Bertz CT molecular complexity index is 1640. The predicted molar refractivity (Wildman–Crippen MR) is 392 cm³/mol. The first-order chi connectivity index (χ1) is 46.6. The van der Waals surface area contributed by atoms with E-state index in [1.165, 1.54) is 340 Å². The molecule has 14 nitrogen and oxygen atoms in total. The fraction of sp³-hybridized carbons (Fsp3) is 0.963. The van der Waals surface area contributed by atoms with Crippen LogP contribution in [0.4, 0.5) is 0 Å². The zero-order valence-corrected chi connectivity index (χ0v) is 62.0. The SMILES string of the molecule is CCCCCCCCCCCCCCCCCCCCCCCC/C=C/C(O)C(COC1OC(CO)C(OC2OC(CO)C(O)C(O)C2O)C(O)C1O)NC(=O)CCCCCCCCCCCCCCCCCCCCCCCCCCCCCCCCCCCCCCC. The Hall–Kier alpha value is -1.27. The maximum Gasteiger partial charge on any atom is 0.220 e. The van der Waals surface area contributed by atoms with E-state index in [2.05, 4.69) is 19.2 Å². The van der Waals surface area contributed by atoms with Gasteiger partial charge >= 0.3 is 0 Å². The topological polar surface area (TPSA) is 228 Å². The number of rotatable bonds is 71. The van der Waals surface area contributed by atoms with Crippen molar-refractivity contribution in [3.05, 3.63) is 12.2 Å². The number of aliphatic hydroxyl groups is 8. The number of aliphatic hydroxyl groups excluding tert-OH is 8. The Morgan fingerprint density at radius 3 is 0.968 bits per heavy atom. The number of unbranched alkanes of at least 4 members (excludes halogenated alkanes) is 58. The highest BCUT2D eigenvalue weighted by Crippen LogP contribution is 2.30. The van der Waals surface area contributed by atoms with Gasteiger partial charge in [-0.2, -0.15) is 0 Å². The van der Waals surface area contributed by atoms with Gasteiger partial charge in [-0.1, -0.05) is 392 Å². The normalized spacial score (nSPS) is 22.3. The first-order valence-corrected chi connectivity index (χ1v) is 41.4. The van der Waals surface area contributed by atoms with Crippen molar-refractivity contribution in [1.29, 1.82) is 0 Å². The summed E-state index contributed by atoms with van der Waals surface area (Å²) in [6.07, 6.45) is 67.4. The van der Waals surface area contributed by atoms with Gasteiger partial charge in [0.15, 0.2) is 12.6 Å². The summed E-state index contributed by atoms with van der Waals surface area (Å²) in [5, 5.41) is 87.7. The number of nitrogens with one attached hydrogen (secondary N) is 1. The van der Waals surface area contributed by atoms with E-state index in [0.717, 1.165) is 44.9 Å². The number of hydrogen-bond acceptors (Lipinski definition) is 13. The summed E-state index contributed by atoms with van der Waals surface area (Å²) in [6, 6.07) is -0.912. The third-order valence-electron chi connectivity index (χ3n) is 20.7. The molecule has 564 valence electrons. The third-order valence-corrected chi connectivity index (χ3v) is 20.7. The van der Waals surface area contributed by atoms with Gasteiger partial charge in [0.1, 0.15) is 48.8 Å². The Balaban J connectivity index is 1.57. The van der Waals surface area contributed by atoms with Crippen molar-refractivity contribution in [2.45, 2.75) is 479 Å². The van der Waals surface area contributed by atoms with Gasteiger partial charge < -0.3 is 65.1 Å². The first kappa shape index (κ1) is 89.8. The van der Waals surface area contributed by atoms with Gasteiger partial charge in [0.05, 0.1) is 32.0 Å². The lowest BCUT2D eigenvalue weighted by Crippen LogP contribution is -2.65. The summed E-state index contributed by atoms with van der Waals surface area (Å²) in [7, 11) is 0. The van der Waals surface area contributed by atoms with E-state index >= 15 is 0 Å². The minimum atomic E-state index is -1.79. The molecule has 2 rings (SSSR count). The third kappa shape index (κ3) is 49.1. The molecule has 12 atom stereocenters. The quantitative estimate of drug-likeness (QED) is 0.0204. The van der Waals surface area contributed by atoms with E-state index in [4.69, 9.17) is 18.9 Å². The zero-order chi connectivity index (χ0) is 68.7. The average molecular weight is 1350 g/mol. The number of carbonyl (C=O) groups excluding carboxylic acids is 1. The molecule has 2 aliphatic heterocycles. The molecule has 0 bridgehead atoms. The number of ether oxygens (including phenoxy) is 4. The molecule has 9 N–H and O–H groups in total. The molecule has 2 heterocycles. The first-order valence-electron chi connectivity index (χ1n) is 41.4. The van der Waals surface area contributed by atoms with Gasteiger partial charge in [0.25, 0.3) is 0 Å². The minimum absolute atomic E-state index is 0.228. The second-order valence-corrected chi connectivity index (χ2v) is 29.6. The van der Waals surface area contributed by atoms with Gasteiger partial charge in [-0.3, -0.25) is 4.79 Å². The lowest BCUT2D eigenvalue weighted by atomic mass is 9.97. The number of amides is 1. The molecule has 0 aromatic carbocycles. The van der Waals surface area contributed by atoms with Crippen molar-refractivity contribution in [3.63, 3.8) is 0 Å². The molecule has 95 heavy (non-hydrogen) atoms. The van der Waals surface area contributed by atoms with Crippen LogP contribution in [-0.4, -0.2) is 140 Å². The Kier molecular flexibility index (Phi) is 62.4. The van der Waals surface area contributed by atoms with Crippen LogP contribution in [0.1, 0.15) is 406 Å². The molecule has 1 amide bonds. The van der Waals surface area contributed by atoms with Gasteiger partial charge in [-0.25, -0.2) is 0 Å². The smallest absolute Gasteiger partial charge is 0.220 e. The maximum atomic E-state index is 13.4. The van der Waals surface area contributed by atoms with Crippen molar-refractivity contribution < 1.29 is 64.6 Å². The summed E-state index contributed by atoms with van der Waals surface area (Å²) in [5.41, 5.74) is 0. The van der Waals surface area contributed by atoms with Crippen LogP contribution in [0.5, 0.6) is 0 Å². The van der Waals surface area contributed by atoms with Crippen LogP contribution in [0.2, 0.25) is 0 Å². The fourth-order valence-corrected chi connectivity index (χ4v) is 14.2. The highest BCUT2D eigenvalue weighted by atomic mass is 16.7. The van der Waals surface area contributed by atoms with E-state index < -0.39 is 86.8 Å². The van der Waals surface area contributed by atoms with E-state index in [1.54, 1.807) is 6.08 Å². The molecular formula is C81H157NO13. The summed E-state index contributed by atoms with van der Waals surface area (Å²) in [4.78, 5) is 13.4. The number of allylic oxidation sites excluding steroid dienone is 1. The molecule has 0 aliphatic carbocycles. The van der Waals surface area contributed by atoms with Crippen LogP contribution < -0.4 is 5.32 Å². The summed E-state index contributed by atoms with van der Waals surface area (Å²) < 4.78 is 22.9.